The van der Waals surface area contributed by atoms with E-state index in [1.54, 1.807) is 26.4 Å². The Hall–Kier alpha value is -0.453. The maximum absolute atomic E-state index is 11.1. The molecule has 0 amide bonds. The van der Waals surface area contributed by atoms with Gasteiger partial charge in [0.15, 0.2) is 5.78 Å². The zero-order chi connectivity index (χ0) is 10.8. The van der Waals surface area contributed by atoms with Crippen molar-refractivity contribution in [3.8, 4) is 0 Å². The van der Waals surface area contributed by atoms with Crippen LogP contribution in [-0.2, 0) is 14.3 Å². The smallest absolute Gasteiger partial charge is 0.155 e. The van der Waals surface area contributed by atoms with Gasteiger partial charge >= 0.3 is 0 Å². The molecule has 0 aliphatic carbocycles. The summed E-state index contributed by atoms with van der Waals surface area (Å²) in [6.45, 7) is 1.86. The van der Waals surface area contributed by atoms with E-state index in [2.05, 4.69) is 0 Å². The van der Waals surface area contributed by atoms with E-state index in [0.717, 1.165) is 12.5 Å². The van der Waals surface area contributed by atoms with E-state index in [1.165, 1.54) is 0 Å². The minimum absolute atomic E-state index is 0.00631. The molecule has 0 fully saturated rings. The van der Waals surface area contributed by atoms with E-state index >= 15 is 0 Å². The predicted octanol–water partition coefficient (Wildman–Crippen LogP) is 1.08. The minimum atomic E-state index is -0.352. The molecule has 0 spiro atoms. The van der Waals surface area contributed by atoms with Crippen molar-refractivity contribution in [2.75, 3.05) is 14.2 Å². The van der Waals surface area contributed by atoms with Crippen LogP contribution in [0.2, 0.25) is 6.04 Å². The Morgan fingerprint density at radius 2 is 2.07 bits per heavy atom. The molecule has 4 heteroatoms. The number of allylic oxidation sites excluding steroid dienone is 2. The van der Waals surface area contributed by atoms with E-state index in [0.29, 0.717) is 6.42 Å². The van der Waals surface area contributed by atoms with Gasteiger partial charge in [0.25, 0.3) is 0 Å². The lowest BCUT2D eigenvalue weighted by atomic mass is 10.2. The van der Waals surface area contributed by atoms with Crippen LogP contribution in [0.15, 0.2) is 12.2 Å². The third kappa shape index (κ3) is 7.00. The first kappa shape index (κ1) is 13.5. The lowest BCUT2D eigenvalue weighted by Gasteiger charge is -2.11. The summed E-state index contributed by atoms with van der Waals surface area (Å²) in [4.78, 5) is 11.1. The van der Waals surface area contributed by atoms with Crippen molar-refractivity contribution in [2.45, 2.75) is 31.7 Å². The number of carbonyl (C=O) groups excluding carboxylic acids is 1. The molecule has 0 aromatic heterocycles. The number of ether oxygens (including phenoxy) is 2. The Balaban J connectivity index is 3.41. The van der Waals surface area contributed by atoms with Crippen LogP contribution >= 0.6 is 0 Å². The van der Waals surface area contributed by atoms with Gasteiger partial charge in [-0.05, 0) is 19.4 Å². The zero-order valence-electron chi connectivity index (χ0n) is 9.29. The molecule has 3 nitrogen and oxygen atoms in total. The van der Waals surface area contributed by atoms with Crippen LogP contribution in [0.5, 0.6) is 0 Å². The van der Waals surface area contributed by atoms with Crippen molar-refractivity contribution in [1.82, 2.24) is 0 Å². The standard InChI is InChI=1S/C10H20O3Si/c1-4-6-9(11)7-5-8-14-10(12-2)13-3/h4,6,10H,5,7-8,14H2,1-3H3. The molecule has 0 bridgehead atoms. The largest absolute Gasteiger partial charge is 0.360 e. The SMILES string of the molecule is CC=CC(=O)CCC[SiH2]C(OC)OC. The third-order valence-electron chi connectivity index (χ3n) is 1.99. The fourth-order valence-corrected chi connectivity index (χ4v) is 2.55. The van der Waals surface area contributed by atoms with Gasteiger partial charge in [-0.2, -0.15) is 0 Å². The second kappa shape index (κ2) is 9.12. The molecule has 0 aliphatic heterocycles. The van der Waals surface area contributed by atoms with E-state index in [1.807, 2.05) is 6.92 Å². The Morgan fingerprint density at radius 3 is 2.57 bits per heavy atom. The Morgan fingerprint density at radius 1 is 1.43 bits per heavy atom. The number of hydrogen-bond acceptors (Lipinski definition) is 3. The molecule has 0 radical (unpaired) electrons. The first-order chi connectivity index (χ1) is 6.74. The molecule has 0 rings (SSSR count). The van der Waals surface area contributed by atoms with Gasteiger partial charge in [-0.3, -0.25) is 4.79 Å². The molecule has 0 N–H and O–H groups in total. The summed E-state index contributed by atoms with van der Waals surface area (Å²) < 4.78 is 10.2. The summed E-state index contributed by atoms with van der Waals surface area (Å²) in [5.74, 6) is 0.222. The molecule has 14 heavy (non-hydrogen) atoms. The molecular formula is C10H20O3Si. The van der Waals surface area contributed by atoms with E-state index in [4.69, 9.17) is 9.47 Å². The molecule has 0 saturated carbocycles. The second-order valence-electron chi connectivity index (χ2n) is 3.11. The number of methoxy groups -OCH3 is 2. The van der Waals surface area contributed by atoms with Crippen LogP contribution in [0.4, 0.5) is 0 Å². The summed E-state index contributed by atoms with van der Waals surface area (Å²) in [7, 11) is 2.97. The average Bonchev–Trinajstić information content (AvgIpc) is 2.19. The molecule has 0 atom stereocenters. The van der Waals surface area contributed by atoms with Crippen molar-refractivity contribution in [1.29, 1.82) is 0 Å². The van der Waals surface area contributed by atoms with Crippen molar-refractivity contribution >= 4 is 15.3 Å². The quantitative estimate of drug-likeness (QED) is 0.263. The molecule has 0 saturated heterocycles. The highest BCUT2D eigenvalue weighted by Gasteiger charge is 2.05. The highest BCUT2D eigenvalue weighted by Crippen LogP contribution is 2.01. The minimum Gasteiger partial charge on any atom is -0.360 e. The summed E-state index contributed by atoms with van der Waals surface area (Å²) in [5, 5.41) is 0. The van der Waals surface area contributed by atoms with Gasteiger partial charge in [-0.15, -0.1) is 0 Å². The molecule has 0 aromatic carbocycles. The van der Waals surface area contributed by atoms with E-state index < -0.39 is 0 Å². The highest BCUT2D eigenvalue weighted by atomic mass is 28.2. The summed E-state index contributed by atoms with van der Waals surface area (Å²) in [6.07, 6.45) is 5.02. The lowest BCUT2D eigenvalue weighted by Crippen LogP contribution is -2.21. The molecule has 82 valence electrons. The maximum atomic E-state index is 11.1. The number of ketones is 1. The first-order valence-electron chi connectivity index (χ1n) is 4.95. The zero-order valence-corrected chi connectivity index (χ0v) is 10.7. The second-order valence-corrected chi connectivity index (χ2v) is 5.06. The third-order valence-corrected chi connectivity index (χ3v) is 4.04. The van der Waals surface area contributed by atoms with Crippen molar-refractivity contribution in [3.05, 3.63) is 12.2 Å². The number of carbonyl (C=O) groups is 1. The van der Waals surface area contributed by atoms with Gasteiger partial charge in [-0.1, -0.05) is 12.1 Å². The fourth-order valence-electron chi connectivity index (χ4n) is 1.21. The van der Waals surface area contributed by atoms with Crippen LogP contribution in [0, 0.1) is 0 Å². The fraction of sp³-hybridized carbons (Fsp3) is 0.700. The van der Waals surface area contributed by atoms with Gasteiger partial charge in [0.05, 0.1) is 9.52 Å². The van der Waals surface area contributed by atoms with Crippen LogP contribution < -0.4 is 0 Å². The van der Waals surface area contributed by atoms with Crippen LogP contribution in [0.1, 0.15) is 19.8 Å². The predicted molar refractivity (Wildman–Crippen MR) is 60.2 cm³/mol. The van der Waals surface area contributed by atoms with Crippen molar-refractivity contribution in [2.24, 2.45) is 0 Å². The van der Waals surface area contributed by atoms with Gasteiger partial charge in [0, 0.05) is 20.6 Å². The monoisotopic (exact) mass is 216 g/mol. The summed E-state index contributed by atoms with van der Waals surface area (Å²) in [6, 6.07) is 1.09. The molecule has 0 aliphatic rings. The molecule has 0 unspecified atom stereocenters. The topological polar surface area (TPSA) is 35.5 Å². The Kier molecular flexibility index (Phi) is 8.82. The Bertz CT molecular complexity index is 176. The number of hydrogen-bond donors (Lipinski definition) is 0. The van der Waals surface area contributed by atoms with Gasteiger partial charge < -0.3 is 9.47 Å². The average molecular weight is 216 g/mol. The van der Waals surface area contributed by atoms with Crippen molar-refractivity contribution in [3.63, 3.8) is 0 Å². The van der Waals surface area contributed by atoms with Crippen molar-refractivity contribution < 1.29 is 14.3 Å². The maximum Gasteiger partial charge on any atom is 0.155 e. The molecule has 0 heterocycles. The van der Waals surface area contributed by atoms with Gasteiger partial charge in [-0.25, -0.2) is 0 Å². The summed E-state index contributed by atoms with van der Waals surface area (Å²) >= 11 is 0. The van der Waals surface area contributed by atoms with Crippen LogP contribution in [-0.4, -0.2) is 35.4 Å². The Labute approximate surface area is 88.3 Å². The van der Waals surface area contributed by atoms with E-state index in [-0.39, 0.29) is 21.2 Å². The number of rotatable bonds is 8. The normalized spacial score (nSPS) is 12.3. The van der Waals surface area contributed by atoms with E-state index in [9.17, 15) is 4.79 Å². The molecular weight excluding hydrogens is 196 g/mol. The highest BCUT2D eigenvalue weighted by molar-refractivity contribution is 6.36. The van der Waals surface area contributed by atoms with Gasteiger partial charge in [0.1, 0.15) is 5.91 Å². The lowest BCUT2D eigenvalue weighted by molar-refractivity contribution is -0.114. The van der Waals surface area contributed by atoms with Crippen LogP contribution in [0.25, 0.3) is 0 Å². The summed E-state index contributed by atoms with van der Waals surface area (Å²) in [5.41, 5.74) is 0. The van der Waals surface area contributed by atoms with Gasteiger partial charge in [0.2, 0.25) is 0 Å². The molecule has 0 aromatic rings. The van der Waals surface area contributed by atoms with Crippen LogP contribution in [0.3, 0.4) is 0 Å². The first-order valence-corrected chi connectivity index (χ1v) is 6.77.